The van der Waals surface area contributed by atoms with Crippen LogP contribution in [0.3, 0.4) is 0 Å². The Labute approximate surface area is 217 Å². The van der Waals surface area contributed by atoms with Crippen LogP contribution in [0, 0.1) is 0 Å². The Morgan fingerprint density at radius 1 is 1.08 bits per heavy atom. The molecule has 0 spiro atoms. The van der Waals surface area contributed by atoms with Gasteiger partial charge in [-0.25, -0.2) is 4.79 Å². The maximum atomic E-state index is 12.0. The number of rotatable bonds is 10. The number of hydrogen-bond acceptors (Lipinski definition) is 7. The molecule has 0 aromatic heterocycles. The van der Waals surface area contributed by atoms with Gasteiger partial charge >= 0.3 is 6.09 Å². The molecule has 2 heterocycles. The third kappa shape index (κ3) is 7.52. The zero-order valence-electron chi connectivity index (χ0n) is 23.3. The van der Waals surface area contributed by atoms with E-state index in [-0.39, 0.29) is 36.0 Å². The molecule has 2 fully saturated rings. The zero-order chi connectivity index (χ0) is 26.6. The molecular formula is C27H46N2O6Si. The second kappa shape index (κ2) is 11.9. The van der Waals surface area contributed by atoms with Crippen molar-refractivity contribution in [1.29, 1.82) is 0 Å². The van der Waals surface area contributed by atoms with Gasteiger partial charge in [0.15, 0.2) is 20.4 Å². The maximum absolute atomic E-state index is 12.0. The summed E-state index contributed by atoms with van der Waals surface area (Å²) >= 11 is 0. The first-order chi connectivity index (χ1) is 16.8. The lowest BCUT2D eigenvalue weighted by atomic mass is 9.95. The van der Waals surface area contributed by atoms with Gasteiger partial charge in [-0.1, -0.05) is 58.0 Å². The summed E-state index contributed by atoms with van der Waals surface area (Å²) in [5, 5.41) is 6.48. The van der Waals surface area contributed by atoms with Crippen molar-refractivity contribution < 1.29 is 28.2 Å². The van der Waals surface area contributed by atoms with Crippen LogP contribution in [0.25, 0.3) is 0 Å². The number of fused-ring (bicyclic) bond motifs is 1. The minimum Gasteiger partial charge on any atom is -0.445 e. The molecule has 0 bridgehead atoms. The van der Waals surface area contributed by atoms with Gasteiger partial charge in [0, 0.05) is 6.54 Å². The van der Waals surface area contributed by atoms with E-state index >= 15 is 0 Å². The first-order valence-electron chi connectivity index (χ1n) is 13.2. The van der Waals surface area contributed by atoms with Gasteiger partial charge in [0.05, 0.1) is 12.1 Å². The summed E-state index contributed by atoms with van der Waals surface area (Å²) in [7, 11) is -2.10. The minimum absolute atomic E-state index is 0.0514. The zero-order valence-corrected chi connectivity index (χ0v) is 24.3. The molecule has 204 valence electrons. The second-order valence-corrected chi connectivity index (χ2v) is 16.5. The number of carbonyl (C=O) groups is 1. The van der Waals surface area contributed by atoms with Crippen molar-refractivity contribution >= 4 is 14.4 Å². The van der Waals surface area contributed by atoms with Crippen molar-refractivity contribution in [2.45, 2.75) is 116 Å². The van der Waals surface area contributed by atoms with Crippen molar-refractivity contribution in [3.63, 3.8) is 0 Å². The van der Waals surface area contributed by atoms with Gasteiger partial charge in [-0.05, 0) is 56.9 Å². The predicted octanol–water partition coefficient (Wildman–Crippen LogP) is 4.94. The monoisotopic (exact) mass is 522 g/mol. The normalized spacial score (nSPS) is 27.9. The topological polar surface area (TPSA) is 87.3 Å². The van der Waals surface area contributed by atoms with Gasteiger partial charge in [-0.2, -0.15) is 0 Å². The lowest BCUT2D eigenvalue weighted by Gasteiger charge is -2.47. The lowest BCUT2D eigenvalue weighted by Crippen LogP contribution is -2.64. The molecule has 1 amide bonds. The summed E-state index contributed by atoms with van der Waals surface area (Å²) < 4.78 is 31.2. The largest absolute Gasteiger partial charge is 0.445 e. The van der Waals surface area contributed by atoms with Crippen LogP contribution < -0.4 is 10.6 Å². The van der Waals surface area contributed by atoms with Crippen LogP contribution in [0.15, 0.2) is 30.3 Å². The number of benzene rings is 1. The van der Waals surface area contributed by atoms with Gasteiger partial charge < -0.3 is 34.0 Å². The second-order valence-electron chi connectivity index (χ2n) is 11.7. The standard InChI is InChI=1S/C27H46N2O6Si/c1-9-20-22-23(34-27(5,6)33-22)21(24(32-20)35-36(7,8)26(2,3)4)28-16-13-17-29-25(30)31-18-19-14-11-10-12-15-19/h10-12,14-15,20-24,28H,9,13,16-18H2,1-8H3,(H,29,30)/t20-,21+,22+,23-,24?/m1/s1. The van der Waals surface area contributed by atoms with Gasteiger partial charge in [-0.15, -0.1) is 0 Å². The van der Waals surface area contributed by atoms with Crippen molar-refractivity contribution in [3.8, 4) is 0 Å². The average Bonchev–Trinajstić information content (AvgIpc) is 3.13. The van der Waals surface area contributed by atoms with Gasteiger partial charge in [0.1, 0.15) is 18.8 Å². The van der Waals surface area contributed by atoms with Crippen molar-refractivity contribution in [3.05, 3.63) is 35.9 Å². The molecule has 1 aromatic carbocycles. The highest BCUT2D eigenvalue weighted by molar-refractivity contribution is 6.74. The SMILES string of the molecule is CC[C@H]1OC(O[Si](C)(C)C(C)(C)C)[C@@H](NCCCNC(=O)OCc2ccccc2)[C@H]2OC(C)(C)O[C@H]21. The summed E-state index contributed by atoms with van der Waals surface area (Å²) in [6.07, 6.45) is 0.260. The average molecular weight is 523 g/mol. The summed E-state index contributed by atoms with van der Waals surface area (Å²) in [6.45, 7) is 18.6. The number of nitrogens with one attached hydrogen (secondary N) is 2. The molecule has 2 aliphatic heterocycles. The van der Waals surface area contributed by atoms with E-state index < -0.39 is 26.5 Å². The minimum atomic E-state index is -2.10. The first-order valence-corrected chi connectivity index (χ1v) is 16.1. The summed E-state index contributed by atoms with van der Waals surface area (Å²) in [5.41, 5.74) is 0.959. The van der Waals surface area contributed by atoms with Crippen molar-refractivity contribution in [2.75, 3.05) is 13.1 Å². The van der Waals surface area contributed by atoms with Crippen LogP contribution in [0.4, 0.5) is 4.79 Å². The van der Waals surface area contributed by atoms with Crippen LogP contribution in [0.2, 0.25) is 18.1 Å². The third-order valence-electron chi connectivity index (χ3n) is 7.32. The fourth-order valence-electron chi connectivity index (χ4n) is 4.30. The summed E-state index contributed by atoms with van der Waals surface area (Å²) in [4.78, 5) is 12.0. The predicted molar refractivity (Wildman–Crippen MR) is 142 cm³/mol. The summed E-state index contributed by atoms with van der Waals surface area (Å²) in [6, 6.07) is 9.46. The maximum Gasteiger partial charge on any atom is 0.407 e. The first kappa shape index (κ1) is 29.1. The Morgan fingerprint density at radius 2 is 1.75 bits per heavy atom. The highest BCUT2D eigenvalue weighted by Crippen LogP contribution is 2.42. The molecule has 2 N–H and O–H groups in total. The van der Waals surface area contributed by atoms with E-state index in [2.05, 4.69) is 51.4 Å². The molecule has 2 aliphatic rings. The number of alkyl carbamates (subject to hydrolysis) is 1. The van der Waals surface area contributed by atoms with E-state index in [0.717, 1.165) is 18.4 Å². The number of carbonyl (C=O) groups excluding carboxylic acids is 1. The quantitative estimate of drug-likeness (QED) is 0.332. The highest BCUT2D eigenvalue weighted by atomic mass is 28.4. The van der Waals surface area contributed by atoms with Crippen molar-refractivity contribution in [2.24, 2.45) is 0 Å². The molecule has 0 aliphatic carbocycles. The van der Waals surface area contributed by atoms with Gasteiger partial charge in [-0.3, -0.25) is 0 Å². The Kier molecular flexibility index (Phi) is 9.62. The molecule has 0 saturated carbocycles. The molecule has 3 rings (SSSR count). The molecule has 1 aromatic rings. The molecule has 5 atom stereocenters. The van der Waals surface area contributed by atoms with Crippen LogP contribution in [0.1, 0.15) is 59.9 Å². The van der Waals surface area contributed by atoms with Gasteiger partial charge in [0.25, 0.3) is 0 Å². The van der Waals surface area contributed by atoms with E-state index in [4.69, 9.17) is 23.4 Å². The molecule has 2 saturated heterocycles. The fraction of sp³-hybridized carbons (Fsp3) is 0.741. The smallest absolute Gasteiger partial charge is 0.407 e. The molecule has 8 nitrogen and oxygen atoms in total. The van der Waals surface area contributed by atoms with E-state index in [1.165, 1.54) is 0 Å². The number of ether oxygens (including phenoxy) is 4. The fourth-order valence-corrected chi connectivity index (χ4v) is 5.44. The van der Waals surface area contributed by atoms with E-state index in [9.17, 15) is 4.79 Å². The molecule has 9 heteroatoms. The van der Waals surface area contributed by atoms with Crippen LogP contribution in [-0.4, -0.2) is 63.9 Å². The van der Waals surface area contributed by atoms with E-state index in [1.807, 2.05) is 44.2 Å². The number of hydrogen-bond donors (Lipinski definition) is 2. The van der Waals surface area contributed by atoms with Gasteiger partial charge in [0.2, 0.25) is 0 Å². The molecular weight excluding hydrogens is 476 g/mol. The van der Waals surface area contributed by atoms with Crippen LogP contribution in [-0.2, 0) is 30.0 Å². The van der Waals surface area contributed by atoms with Crippen LogP contribution in [0.5, 0.6) is 0 Å². The van der Waals surface area contributed by atoms with Crippen molar-refractivity contribution in [1.82, 2.24) is 10.6 Å². The Hall–Kier alpha value is -1.49. The Balaban J connectivity index is 1.56. The molecule has 0 radical (unpaired) electrons. The van der Waals surface area contributed by atoms with Crippen LogP contribution >= 0.6 is 0 Å². The Bertz CT molecular complexity index is 844. The lowest BCUT2D eigenvalue weighted by molar-refractivity contribution is -0.217. The summed E-state index contributed by atoms with van der Waals surface area (Å²) in [5.74, 6) is -0.679. The molecule has 36 heavy (non-hydrogen) atoms. The highest BCUT2D eigenvalue weighted by Gasteiger charge is 2.56. The third-order valence-corrected chi connectivity index (χ3v) is 11.8. The van der Waals surface area contributed by atoms with E-state index in [0.29, 0.717) is 13.1 Å². The van der Waals surface area contributed by atoms with E-state index in [1.54, 1.807) is 0 Å². The Morgan fingerprint density at radius 3 is 2.39 bits per heavy atom. The number of amides is 1. The molecule has 1 unspecified atom stereocenters.